The van der Waals surface area contributed by atoms with Crippen LogP contribution in [-0.2, 0) is 9.53 Å². The van der Waals surface area contributed by atoms with Crippen LogP contribution in [0.3, 0.4) is 0 Å². The molecule has 5 rings (SSSR count). The van der Waals surface area contributed by atoms with Crippen molar-refractivity contribution in [2.24, 2.45) is 0 Å². The van der Waals surface area contributed by atoms with Crippen LogP contribution >= 0.6 is 0 Å². The van der Waals surface area contributed by atoms with Crippen molar-refractivity contribution in [1.29, 1.82) is 0 Å². The summed E-state index contributed by atoms with van der Waals surface area (Å²) in [6, 6.07) is 12.1. The van der Waals surface area contributed by atoms with Gasteiger partial charge in [-0.25, -0.2) is 8.78 Å². The molecular weight excluding hydrogens is 390 g/mol. The van der Waals surface area contributed by atoms with Crippen molar-refractivity contribution in [1.82, 2.24) is 9.80 Å². The van der Waals surface area contributed by atoms with E-state index in [1.807, 2.05) is 0 Å². The third-order valence-electron chi connectivity index (χ3n) is 6.55. The number of nitrogens with zero attached hydrogens (tertiary/aromatic N) is 2. The number of carbonyl (C=O) groups is 2. The smallest absolute Gasteiger partial charge is 0.257 e. The number of likely N-dealkylation sites (tertiary alicyclic amines) is 1. The minimum atomic E-state index is -0.986. The van der Waals surface area contributed by atoms with E-state index in [-0.39, 0.29) is 35.5 Å². The van der Waals surface area contributed by atoms with Gasteiger partial charge in [-0.05, 0) is 31.0 Å². The number of benzene rings is 2. The lowest BCUT2D eigenvalue weighted by molar-refractivity contribution is -0.142. The highest BCUT2D eigenvalue weighted by Crippen LogP contribution is 2.48. The van der Waals surface area contributed by atoms with Crippen molar-refractivity contribution in [3.05, 3.63) is 71.3 Å². The lowest BCUT2D eigenvalue weighted by Crippen LogP contribution is -2.51. The van der Waals surface area contributed by atoms with Gasteiger partial charge in [0.15, 0.2) is 5.60 Å². The number of piperidine rings is 1. The Balaban J connectivity index is 1.32. The first-order valence-electron chi connectivity index (χ1n) is 10.3. The molecule has 0 saturated carbocycles. The molecule has 3 saturated heterocycles. The predicted molar refractivity (Wildman–Crippen MR) is 104 cm³/mol. The SMILES string of the molecule is O=C(c1ccccc1F)N1CCC2(CC1)O[C@@H]1CC[C@@H](c3ccccc3F)N1C2=O. The number of rotatable bonds is 2. The summed E-state index contributed by atoms with van der Waals surface area (Å²) in [5.41, 5.74) is -0.436. The number of halogens is 2. The van der Waals surface area contributed by atoms with E-state index >= 15 is 0 Å². The molecule has 3 fully saturated rings. The van der Waals surface area contributed by atoms with Crippen LogP contribution in [0.25, 0.3) is 0 Å². The lowest BCUT2D eigenvalue weighted by Gasteiger charge is -2.37. The van der Waals surface area contributed by atoms with Gasteiger partial charge in [0.05, 0.1) is 11.6 Å². The van der Waals surface area contributed by atoms with Gasteiger partial charge < -0.3 is 14.5 Å². The molecule has 0 unspecified atom stereocenters. The van der Waals surface area contributed by atoms with Gasteiger partial charge in [-0.3, -0.25) is 9.59 Å². The lowest BCUT2D eigenvalue weighted by atomic mass is 9.89. The number of hydrogen-bond acceptors (Lipinski definition) is 3. The maximum Gasteiger partial charge on any atom is 0.257 e. The van der Waals surface area contributed by atoms with Gasteiger partial charge in [-0.1, -0.05) is 30.3 Å². The van der Waals surface area contributed by atoms with Crippen molar-refractivity contribution in [3.8, 4) is 0 Å². The third kappa shape index (κ3) is 2.91. The largest absolute Gasteiger partial charge is 0.342 e. The molecular formula is C23H22F2N2O3. The summed E-state index contributed by atoms with van der Waals surface area (Å²) in [6.45, 7) is 0.619. The minimum absolute atomic E-state index is 0.0346. The second-order valence-electron chi connectivity index (χ2n) is 8.17. The van der Waals surface area contributed by atoms with E-state index in [1.54, 1.807) is 40.1 Å². The van der Waals surface area contributed by atoms with E-state index in [0.29, 0.717) is 44.3 Å². The number of amides is 2. The van der Waals surface area contributed by atoms with E-state index in [9.17, 15) is 18.4 Å². The molecule has 0 aromatic heterocycles. The molecule has 3 aliphatic rings. The normalized spacial score (nSPS) is 25.1. The highest BCUT2D eigenvalue weighted by Gasteiger charge is 2.58. The second-order valence-corrected chi connectivity index (χ2v) is 8.17. The zero-order valence-corrected chi connectivity index (χ0v) is 16.4. The highest BCUT2D eigenvalue weighted by atomic mass is 19.1. The summed E-state index contributed by atoms with van der Waals surface area (Å²) in [5, 5.41) is 0. The average molecular weight is 412 g/mol. The monoisotopic (exact) mass is 412 g/mol. The van der Waals surface area contributed by atoms with Crippen molar-refractivity contribution >= 4 is 11.8 Å². The van der Waals surface area contributed by atoms with Crippen LogP contribution in [0.15, 0.2) is 48.5 Å². The molecule has 3 aliphatic heterocycles. The van der Waals surface area contributed by atoms with Crippen LogP contribution in [-0.4, -0.2) is 46.5 Å². The Bertz CT molecular complexity index is 1000. The Morgan fingerprint density at radius 1 is 0.967 bits per heavy atom. The molecule has 2 amide bonds. The van der Waals surface area contributed by atoms with Crippen LogP contribution < -0.4 is 0 Å². The maximum absolute atomic E-state index is 14.3. The Morgan fingerprint density at radius 2 is 1.63 bits per heavy atom. The number of fused-ring (bicyclic) bond motifs is 1. The molecule has 0 N–H and O–H groups in total. The quantitative estimate of drug-likeness (QED) is 0.757. The summed E-state index contributed by atoms with van der Waals surface area (Å²) >= 11 is 0. The molecule has 2 atom stereocenters. The topological polar surface area (TPSA) is 49.9 Å². The fourth-order valence-corrected chi connectivity index (χ4v) is 4.97. The van der Waals surface area contributed by atoms with Crippen molar-refractivity contribution < 1.29 is 23.1 Å². The third-order valence-corrected chi connectivity index (χ3v) is 6.55. The zero-order valence-electron chi connectivity index (χ0n) is 16.4. The molecule has 7 heteroatoms. The molecule has 2 aromatic rings. The van der Waals surface area contributed by atoms with Gasteiger partial charge in [-0.2, -0.15) is 0 Å². The average Bonchev–Trinajstić information content (AvgIpc) is 3.27. The van der Waals surface area contributed by atoms with E-state index in [2.05, 4.69) is 0 Å². The van der Waals surface area contributed by atoms with Crippen LogP contribution in [0, 0.1) is 11.6 Å². The molecule has 5 nitrogen and oxygen atoms in total. The van der Waals surface area contributed by atoms with E-state index < -0.39 is 11.4 Å². The van der Waals surface area contributed by atoms with Crippen molar-refractivity contribution in [2.45, 2.75) is 43.6 Å². The second kappa shape index (κ2) is 7.16. The first-order chi connectivity index (χ1) is 14.5. The Kier molecular flexibility index (Phi) is 4.58. The van der Waals surface area contributed by atoms with Gasteiger partial charge in [-0.15, -0.1) is 0 Å². The maximum atomic E-state index is 14.3. The number of hydrogen-bond donors (Lipinski definition) is 0. The summed E-state index contributed by atoms with van der Waals surface area (Å²) in [7, 11) is 0. The Labute approximate surface area is 173 Å². The van der Waals surface area contributed by atoms with Gasteiger partial charge in [0, 0.05) is 31.5 Å². The minimum Gasteiger partial charge on any atom is -0.342 e. The van der Waals surface area contributed by atoms with Gasteiger partial charge in [0.2, 0.25) is 0 Å². The van der Waals surface area contributed by atoms with Crippen LogP contribution in [0.4, 0.5) is 8.78 Å². The zero-order chi connectivity index (χ0) is 20.9. The van der Waals surface area contributed by atoms with Gasteiger partial charge in [0.25, 0.3) is 11.8 Å². The summed E-state index contributed by atoms with van der Waals surface area (Å²) in [6.07, 6.45) is 1.65. The fraction of sp³-hybridized carbons (Fsp3) is 0.391. The molecule has 156 valence electrons. The van der Waals surface area contributed by atoms with E-state index in [0.717, 1.165) is 0 Å². The van der Waals surface area contributed by atoms with E-state index in [1.165, 1.54) is 18.2 Å². The molecule has 30 heavy (non-hydrogen) atoms. The highest BCUT2D eigenvalue weighted by molar-refractivity contribution is 5.95. The van der Waals surface area contributed by atoms with Crippen LogP contribution in [0.5, 0.6) is 0 Å². The standard InChI is InChI=1S/C23H22F2N2O3/c24-17-7-3-1-5-15(17)19-9-10-20-27(19)22(29)23(30-20)11-13-26(14-12-23)21(28)16-6-2-4-8-18(16)25/h1-8,19-20H,9-14H2/t19-,20+/m0/s1. The van der Waals surface area contributed by atoms with Gasteiger partial charge >= 0.3 is 0 Å². The summed E-state index contributed by atoms with van der Waals surface area (Å²) in [5.74, 6) is -1.37. The van der Waals surface area contributed by atoms with Crippen LogP contribution in [0.2, 0.25) is 0 Å². The Morgan fingerprint density at radius 3 is 2.33 bits per heavy atom. The van der Waals surface area contributed by atoms with Gasteiger partial charge in [0.1, 0.15) is 17.9 Å². The first kappa shape index (κ1) is 19.2. The fourth-order valence-electron chi connectivity index (χ4n) is 4.97. The van der Waals surface area contributed by atoms with Crippen molar-refractivity contribution in [2.75, 3.05) is 13.1 Å². The predicted octanol–water partition coefficient (Wildman–Crippen LogP) is 3.66. The molecule has 0 radical (unpaired) electrons. The van der Waals surface area contributed by atoms with Crippen LogP contribution in [0.1, 0.15) is 47.6 Å². The molecule has 0 bridgehead atoms. The molecule has 3 heterocycles. The summed E-state index contributed by atoms with van der Waals surface area (Å²) in [4.78, 5) is 29.3. The molecule has 2 aromatic carbocycles. The van der Waals surface area contributed by atoms with E-state index in [4.69, 9.17) is 4.74 Å². The molecule has 1 spiro atoms. The number of carbonyl (C=O) groups excluding carboxylic acids is 2. The molecule has 0 aliphatic carbocycles. The Hall–Kier alpha value is -2.80. The first-order valence-corrected chi connectivity index (χ1v) is 10.3. The summed E-state index contributed by atoms with van der Waals surface area (Å²) < 4.78 is 34.5. The number of ether oxygens (including phenoxy) is 1. The van der Waals surface area contributed by atoms with Crippen molar-refractivity contribution in [3.63, 3.8) is 0 Å².